The largest absolute Gasteiger partial charge is 0.480 e. The molecule has 1 aliphatic rings. The number of carbonyl (C=O) groups is 2. The second-order valence-corrected chi connectivity index (χ2v) is 5.22. The minimum Gasteiger partial charge on any atom is -0.480 e. The lowest BCUT2D eigenvalue weighted by Gasteiger charge is -2.24. The highest BCUT2D eigenvalue weighted by Gasteiger charge is 2.22. The van der Waals surface area contributed by atoms with Gasteiger partial charge in [-0.3, -0.25) is 0 Å². The average molecular weight is 291 g/mol. The van der Waals surface area contributed by atoms with Crippen LogP contribution in [0.3, 0.4) is 0 Å². The van der Waals surface area contributed by atoms with Gasteiger partial charge in [0.25, 0.3) is 0 Å². The molecule has 6 heteroatoms. The van der Waals surface area contributed by atoms with Gasteiger partial charge in [-0.05, 0) is 31.5 Å². The summed E-state index contributed by atoms with van der Waals surface area (Å²) in [5, 5.41) is 17.8. The molecule has 1 heterocycles. The number of urea groups is 1. The van der Waals surface area contributed by atoms with Crippen molar-refractivity contribution in [2.45, 2.75) is 31.3 Å². The number of aliphatic carboxylic acids is 1. The van der Waals surface area contributed by atoms with Gasteiger partial charge in [0.2, 0.25) is 0 Å². The number of benzene rings is 1. The van der Waals surface area contributed by atoms with E-state index in [9.17, 15) is 14.7 Å². The van der Waals surface area contributed by atoms with Crippen LogP contribution in [-0.4, -0.2) is 42.3 Å². The molecule has 1 aromatic carbocycles. The van der Waals surface area contributed by atoms with Gasteiger partial charge in [0.1, 0.15) is 6.04 Å². The zero-order valence-electron chi connectivity index (χ0n) is 11.8. The van der Waals surface area contributed by atoms with Crippen LogP contribution >= 0.6 is 0 Å². The molecule has 114 valence electrons. The quantitative estimate of drug-likeness (QED) is 0.644. The highest BCUT2D eigenvalue weighted by Crippen LogP contribution is 2.05. The summed E-state index contributed by atoms with van der Waals surface area (Å²) >= 11 is 0. The van der Waals surface area contributed by atoms with Crippen LogP contribution in [-0.2, 0) is 11.2 Å². The molecule has 0 aromatic heterocycles. The predicted octanol–water partition coefficient (Wildman–Crippen LogP) is 0.734. The Hall–Kier alpha value is -2.08. The fourth-order valence-corrected chi connectivity index (χ4v) is 2.40. The molecule has 21 heavy (non-hydrogen) atoms. The number of rotatable bonds is 5. The monoisotopic (exact) mass is 291 g/mol. The van der Waals surface area contributed by atoms with Crippen molar-refractivity contribution in [1.29, 1.82) is 0 Å². The van der Waals surface area contributed by atoms with Gasteiger partial charge in [-0.2, -0.15) is 0 Å². The van der Waals surface area contributed by atoms with Crippen LogP contribution < -0.4 is 16.0 Å². The van der Waals surface area contributed by atoms with E-state index in [4.69, 9.17) is 0 Å². The summed E-state index contributed by atoms with van der Waals surface area (Å²) in [7, 11) is 0. The van der Waals surface area contributed by atoms with Crippen LogP contribution in [0, 0.1) is 0 Å². The second kappa shape index (κ2) is 7.64. The number of nitrogens with one attached hydrogen (secondary N) is 3. The van der Waals surface area contributed by atoms with E-state index in [1.54, 1.807) is 0 Å². The molecule has 1 aliphatic heterocycles. The molecule has 0 saturated carbocycles. The van der Waals surface area contributed by atoms with Gasteiger partial charge in [-0.1, -0.05) is 30.3 Å². The van der Waals surface area contributed by atoms with E-state index in [1.165, 1.54) is 0 Å². The molecule has 1 atom stereocenters. The van der Waals surface area contributed by atoms with Crippen molar-refractivity contribution in [2.75, 3.05) is 13.1 Å². The van der Waals surface area contributed by atoms with Crippen LogP contribution in [0.25, 0.3) is 0 Å². The number of carboxylic acid groups (broad SMARTS) is 1. The summed E-state index contributed by atoms with van der Waals surface area (Å²) in [5.41, 5.74) is 0.882. The first kappa shape index (κ1) is 15.3. The van der Waals surface area contributed by atoms with Gasteiger partial charge >= 0.3 is 12.0 Å². The third-order valence-electron chi connectivity index (χ3n) is 3.56. The van der Waals surface area contributed by atoms with Crippen molar-refractivity contribution in [2.24, 2.45) is 0 Å². The van der Waals surface area contributed by atoms with E-state index in [0.717, 1.165) is 31.5 Å². The normalized spacial score (nSPS) is 17.0. The van der Waals surface area contributed by atoms with Gasteiger partial charge < -0.3 is 21.1 Å². The molecule has 6 nitrogen and oxygen atoms in total. The Kier molecular flexibility index (Phi) is 5.57. The SMILES string of the molecule is O=C(NC1CCNCC1)N[C@@H](Cc1ccccc1)C(=O)O. The zero-order valence-corrected chi connectivity index (χ0v) is 11.8. The number of hydrogen-bond donors (Lipinski definition) is 4. The molecule has 0 aliphatic carbocycles. The highest BCUT2D eigenvalue weighted by molar-refractivity contribution is 5.82. The molecule has 0 unspecified atom stereocenters. The smallest absolute Gasteiger partial charge is 0.326 e. The fraction of sp³-hybridized carbons (Fsp3) is 0.467. The van der Waals surface area contributed by atoms with Crippen molar-refractivity contribution >= 4 is 12.0 Å². The molecule has 4 N–H and O–H groups in total. The number of hydrogen-bond acceptors (Lipinski definition) is 3. The molecular weight excluding hydrogens is 270 g/mol. The van der Waals surface area contributed by atoms with Crippen molar-refractivity contribution in [1.82, 2.24) is 16.0 Å². The van der Waals surface area contributed by atoms with E-state index in [-0.39, 0.29) is 12.5 Å². The maximum Gasteiger partial charge on any atom is 0.326 e. The lowest BCUT2D eigenvalue weighted by atomic mass is 10.1. The van der Waals surface area contributed by atoms with Gasteiger partial charge in [0.15, 0.2) is 0 Å². The lowest BCUT2D eigenvalue weighted by Crippen LogP contribution is -2.51. The van der Waals surface area contributed by atoms with Crippen LogP contribution in [0.4, 0.5) is 4.79 Å². The van der Waals surface area contributed by atoms with Crippen molar-refractivity contribution < 1.29 is 14.7 Å². The molecular formula is C15H21N3O3. The van der Waals surface area contributed by atoms with Crippen molar-refractivity contribution in [3.63, 3.8) is 0 Å². The minimum atomic E-state index is -1.03. The molecule has 2 amide bonds. The predicted molar refractivity (Wildman–Crippen MR) is 79.1 cm³/mol. The van der Waals surface area contributed by atoms with Crippen molar-refractivity contribution in [3.8, 4) is 0 Å². The van der Waals surface area contributed by atoms with Crippen LogP contribution in [0.15, 0.2) is 30.3 Å². The van der Waals surface area contributed by atoms with Crippen LogP contribution in [0.2, 0.25) is 0 Å². The van der Waals surface area contributed by atoms with Gasteiger partial charge in [-0.15, -0.1) is 0 Å². The molecule has 0 bridgehead atoms. The third-order valence-corrected chi connectivity index (χ3v) is 3.56. The zero-order chi connectivity index (χ0) is 15.1. The third kappa shape index (κ3) is 5.07. The van der Waals surface area contributed by atoms with E-state index in [0.29, 0.717) is 0 Å². The maximum atomic E-state index is 11.9. The average Bonchev–Trinajstić information content (AvgIpc) is 2.48. The summed E-state index contributed by atoms with van der Waals surface area (Å²) in [6, 6.07) is 8.05. The first-order valence-corrected chi connectivity index (χ1v) is 7.19. The van der Waals surface area contributed by atoms with E-state index >= 15 is 0 Å². The molecule has 0 radical (unpaired) electrons. The fourth-order valence-electron chi connectivity index (χ4n) is 2.40. The number of amides is 2. The molecule has 1 fully saturated rings. The van der Waals surface area contributed by atoms with Gasteiger partial charge in [0, 0.05) is 12.5 Å². The summed E-state index contributed by atoms with van der Waals surface area (Å²) in [6.07, 6.45) is 2.00. The molecule has 0 spiro atoms. The second-order valence-electron chi connectivity index (χ2n) is 5.22. The molecule has 1 saturated heterocycles. The first-order valence-electron chi connectivity index (χ1n) is 7.19. The summed E-state index contributed by atoms with van der Waals surface area (Å²) in [4.78, 5) is 23.2. The van der Waals surface area contributed by atoms with Crippen LogP contribution in [0.5, 0.6) is 0 Å². The topological polar surface area (TPSA) is 90.5 Å². The number of carboxylic acids is 1. The first-order chi connectivity index (χ1) is 10.1. The van der Waals surface area contributed by atoms with E-state index < -0.39 is 18.0 Å². The van der Waals surface area contributed by atoms with E-state index in [1.807, 2.05) is 30.3 Å². The maximum absolute atomic E-state index is 11.9. The van der Waals surface area contributed by atoms with Crippen molar-refractivity contribution in [3.05, 3.63) is 35.9 Å². The number of piperidine rings is 1. The highest BCUT2D eigenvalue weighted by atomic mass is 16.4. The lowest BCUT2D eigenvalue weighted by molar-refractivity contribution is -0.139. The Morgan fingerprint density at radius 2 is 1.90 bits per heavy atom. The Labute approximate surface area is 123 Å². The molecule has 2 rings (SSSR count). The Morgan fingerprint density at radius 1 is 1.24 bits per heavy atom. The number of carbonyl (C=O) groups excluding carboxylic acids is 1. The Morgan fingerprint density at radius 3 is 2.52 bits per heavy atom. The summed E-state index contributed by atoms with van der Waals surface area (Å²) in [5.74, 6) is -1.03. The minimum absolute atomic E-state index is 0.109. The van der Waals surface area contributed by atoms with Gasteiger partial charge in [-0.25, -0.2) is 9.59 Å². The van der Waals surface area contributed by atoms with E-state index in [2.05, 4.69) is 16.0 Å². The Balaban J connectivity index is 1.86. The van der Waals surface area contributed by atoms with Gasteiger partial charge in [0.05, 0.1) is 0 Å². The molecule has 1 aromatic rings. The summed E-state index contributed by atoms with van der Waals surface area (Å²) < 4.78 is 0. The standard InChI is InChI=1S/C15H21N3O3/c19-14(20)13(10-11-4-2-1-3-5-11)18-15(21)17-12-6-8-16-9-7-12/h1-5,12-13,16H,6-10H2,(H,19,20)(H2,17,18,21)/t13-/m0/s1. The summed E-state index contributed by atoms with van der Waals surface area (Å²) in [6.45, 7) is 1.74. The Bertz CT molecular complexity index is 472. The van der Waals surface area contributed by atoms with Crippen LogP contribution in [0.1, 0.15) is 18.4 Å².